The number of amidine groups is 1. The van der Waals surface area contributed by atoms with E-state index in [1.165, 1.54) is 0 Å². The van der Waals surface area contributed by atoms with Crippen LogP contribution in [0.3, 0.4) is 0 Å². The van der Waals surface area contributed by atoms with Crippen LogP contribution in [-0.2, 0) is 0 Å². The zero-order valence-electron chi connectivity index (χ0n) is 12.5. The van der Waals surface area contributed by atoms with Crippen LogP contribution in [0, 0.1) is 0 Å². The Bertz CT molecular complexity index is 800. The SMILES string of the molecule is O=C(NC(=N[n+]1ccccc1)c1ccccc1)c1ccccc1. The number of pyridine rings is 1. The standard InChI is InChI=1S/C19H15N3O/c23-19(17-12-6-2-7-13-17)20-18(16-10-4-1-5-11-16)21-22-14-8-3-9-15-22/h1-15H/p+1. The first-order valence-electron chi connectivity index (χ1n) is 7.30. The van der Waals surface area contributed by atoms with Crippen molar-refractivity contribution in [1.82, 2.24) is 5.32 Å². The molecule has 1 heterocycles. The number of carbonyl (C=O) groups is 1. The highest BCUT2D eigenvalue weighted by atomic mass is 16.1. The zero-order valence-corrected chi connectivity index (χ0v) is 12.5. The average Bonchev–Trinajstić information content (AvgIpc) is 2.63. The summed E-state index contributed by atoms with van der Waals surface area (Å²) < 4.78 is 1.66. The second-order valence-electron chi connectivity index (χ2n) is 4.89. The molecule has 0 aliphatic carbocycles. The number of carbonyl (C=O) groups excluding carboxylic acids is 1. The van der Waals surface area contributed by atoms with Gasteiger partial charge in [0.05, 0.1) is 0 Å². The monoisotopic (exact) mass is 302 g/mol. The van der Waals surface area contributed by atoms with Gasteiger partial charge in [-0.3, -0.25) is 4.79 Å². The van der Waals surface area contributed by atoms with E-state index in [-0.39, 0.29) is 5.91 Å². The van der Waals surface area contributed by atoms with Crippen LogP contribution < -0.4 is 9.99 Å². The molecule has 4 nitrogen and oxygen atoms in total. The van der Waals surface area contributed by atoms with Crippen molar-refractivity contribution in [2.24, 2.45) is 5.10 Å². The van der Waals surface area contributed by atoms with Gasteiger partial charge in [-0.1, -0.05) is 59.3 Å². The molecule has 0 unspecified atom stereocenters. The molecule has 0 aliphatic heterocycles. The van der Waals surface area contributed by atoms with Crippen LogP contribution in [-0.4, -0.2) is 11.7 Å². The molecule has 1 aromatic heterocycles. The fourth-order valence-electron chi connectivity index (χ4n) is 2.09. The first-order chi connectivity index (χ1) is 11.3. The molecule has 0 fully saturated rings. The normalized spacial score (nSPS) is 11.0. The summed E-state index contributed by atoms with van der Waals surface area (Å²) in [5, 5.41) is 7.38. The van der Waals surface area contributed by atoms with Crippen LogP contribution >= 0.6 is 0 Å². The molecule has 0 saturated carbocycles. The zero-order chi connectivity index (χ0) is 15.9. The maximum Gasteiger partial charge on any atom is 0.256 e. The predicted molar refractivity (Wildman–Crippen MR) is 88.9 cm³/mol. The minimum atomic E-state index is -0.190. The number of hydrogen-bond acceptors (Lipinski definition) is 2. The quantitative estimate of drug-likeness (QED) is 0.451. The van der Waals surface area contributed by atoms with Gasteiger partial charge in [-0.15, -0.1) is 0 Å². The first kappa shape index (κ1) is 14.7. The van der Waals surface area contributed by atoms with E-state index in [1.54, 1.807) is 16.8 Å². The summed E-state index contributed by atoms with van der Waals surface area (Å²) in [7, 11) is 0. The lowest BCUT2D eigenvalue weighted by molar-refractivity contribution is -0.678. The van der Waals surface area contributed by atoms with Crippen molar-refractivity contribution in [3.05, 3.63) is 102 Å². The molecule has 3 rings (SSSR count). The molecular weight excluding hydrogens is 286 g/mol. The summed E-state index contributed by atoms with van der Waals surface area (Å²) in [4.78, 5) is 12.4. The van der Waals surface area contributed by atoms with Crippen LogP contribution in [0.5, 0.6) is 0 Å². The van der Waals surface area contributed by atoms with Crippen molar-refractivity contribution >= 4 is 11.7 Å². The topological polar surface area (TPSA) is 45.3 Å². The van der Waals surface area contributed by atoms with Crippen LogP contribution in [0.25, 0.3) is 0 Å². The van der Waals surface area contributed by atoms with Crippen LogP contribution in [0.4, 0.5) is 0 Å². The molecule has 112 valence electrons. The summed E-state index contributed by atoms with van der Waals surface area (Å²) in [6.07, 6.45) is 3.63. The van der Waals surface area contributed by atoms with Crippen LogP contribution in [0.1, 0.15) is 15.9 Å². The second kappa shape index (κ2) is 7.13. The van der Waals surface area contributed by atoms with Gasteiger partial charge in [-0.2, -0.15) is 0 Å². The van der Waals surface area contributed by atoms with Crippen molar-refractivity contribution in [2.75, 3.05) is 0 Å². The molecular formula is C19H16N3O+. The maximum absolute atomic E-state index is 12.4. The fraction of sp³-hybridized carbons (Fsp3) is 0. The Hall–Kier alpha value is -3.27. The van der Waals surface area contributed by atoms with Gasteiger partial charge in [-0.05, 0) is 12.1 Å². The molecule has 1 N–H and O–H groups in total. The van der Waals surface area contributed by atoms with Crippen molar-refractivity contribution in [3.8, 4) is 0 Å². The number of nitrogens with zero attached hydrogens (tertiary/aromatic N) is 2. The molecule has 0 spiro atoms. The lowest BCUT2D eigenvalue weighted by Gasteiger charge is -2.06. The van der Waals surface area contributed by atoms with Gasteiger partial charge in [0.25, 0.3) is 5.91 Å². The van der Waals surface area contributed by atoms with E-state index in [0.717, 1.165) is 5.56 Å². The van der Waals surface area contributed by atoms with Gasteiger partial charge in [0.1, 0.15) is 0 Å². The van der Waals surface area contributed by atoms with E-state index in [0.29, 0.717) is 11.4 Å². The molecule has 0 atom stereocenters. The van der Waals surface area contributed by atoms with Crippen molar-refractivity contribution in [2.45, 2.75) is 0 Å². The smallest absolute Gasteiger partial charge is 0.256 e. The Labute approximate surface area is 134 Å². The Morgan fingerprint density at radius 1 is 0.739 bits per heavy atom. The number of amides is 1. The van der Waals surface area contributed by atoms with E-state index in [2.05, 4.69) is 10.4 Å². The highest BCUT2D eigenvalue weighted by Gasteiger charge is 2.13. The summed E-state index contributed by atoms with van der Waals surface area (Å²) >= 11 is 0. The first-order valence-corrected chi connectivity index (χ1v) is 7.30. The number of rotatable bonds is 3. The molecule has 4 heteroatoms. The van der Waals surface area contributed by atoms with Gasteiger partial charge < -0.3 is 5.32 Å². The molecule has 2 aromatic carbocycles. The molecule has 23 heavy (non-hydrogen) atoms. The van der Waals surface area contributed by atoms with Crippen molar-refractivity contribution in [1.29, 1.82) is 0 Å². The molecule has 3 aromatic rings. The third kappa shape index (κ3) is 3.89. The fourth-order valence-corrected chi connectivity index (χ4v) is 2.09. The highest BCUT2D eigenvalue weighted by molar-refractivity contribution is 6.12. The average molecular weight is 302 g/mol. The number of benzene rings is 2. The Morgan fingerprint density at radius 2 is 1.26 bits per heavy atom. The molecule has 0 aliphatic rings. The van der Waals surface area contributed by atoms with Gasteiger partial charge in [0.15, 0.2) is 0 Å². The number of hydrogen-bond donors (Lipinski definition) is 1. The summed E-state index contributed by atoms with van der Waals surface area (Å²) in [6, 6.07) is 24.3. The van der Waals surface area contributed by atoms with E-state index < -0.39 is 0 Å². The van der Waals surface area contributed by atoms with E-state index in [4.69, 9.17) is 0 Å². The lowest BCUT2D eigenvalue weighted by Crippen LogP contribution is -2.37. The molecule has 0 radical (unpaired) electrons. The Kier molecular flexibility index (Phi) is 4.55. The van der Waals surface area contributed by atoms with E-state index in [1.807, 2.05) is 79.1 Å². The summed E-state index contributed by atoms with van der Waals surface area (Å²) in [5.74, 6) is 0.306. The molecule has 1 amide bonds. The van der Waals surface area contributed by atoms with Crippen LogP contribution in [0.15, 0.2) is 96.4 Å². The minimum Gasteiger partial charge on any atom is -0.301 e. The summed E-state index contributed by atoms with van der Waals surface area (Å²) in [6.45, 7) is 0. The van der Waals surface area contributed by atoms with Gasteiger partial charge in [0, 0.05) is 28.4 Å². The summed E-state index contributed by atoms with van der Waals surface area (Å²) in [5.41, 5.74) is 1.43. The van der Waals surface area contributed by atoms with Gasteiger partial charge in [-0.25, -0.2) is 0 Å². The van der Waals surface area contributed by atoms with Gasteiger partial charge in [0.2, 0.25) is 18.2 Å². The lowest BCUT2D eigenvalue weighted by atomic mass is 10.2. The number of aromatic nitrogens is 1. The second-order valence-corrected chi connectivity index (χ2v) is 4.89. The van der Waals surface area contributed by atoms with E-state index >= 15 is 0 Å². The highest BCUT2D eigenvalue weighted by Crippen LogP contribution is 2.02. The Balaban J connectivity index is 1.93. The minimum absolute atomic E-state index is 0.190. The predicted octanol–water partition coefficient (Wildman–Crippen LogP) is 2.61. The molecule has 0 bridgehead atoms. The Morgan fingerprint density at radius 3 is 1.87 bits per heavy atom. The molecule has 0 saturated heterocycles. The number of nitrogens with one attached hydrogen (secondary N) is 1. The largest absolute Gasteiger partial charge is 0.301 e. The van der Waals surface area contributed by atoms with Crippen molar-refractivity contribution < 1.29 is 9.47 Å². The van der Waals surface area contributed by atoms with Crippen LogP contribution in [0.2, 0.25) is 0 Å². The third-order valence-electron chi connectivity index (χ3n) is 3.23. The third-order valence-corrected chi connectivity index (χ3v) is 3.23. The maximum atomic E-state index is 12.4. The van der Waals surface area contributed by atoms with Crippen molar-refractivity contribution in [3.63, 3.8) is 0 Å². The van der Waals surface area contributed by atoms with Gasteiger partial charge >= 0.3 is 0 Å². The van der Waals surface area contributed by atoms with E-state index in [9.17, 15) is 4.79 Å².